The number of aromatic nitrogens is 2. The molecule has 0 unspecified atom stereocenters. The fraction of sp³-hybridized carbons (Fsp3) is 0.320. The van der Waals surface area contributed by atoms with E-state index in [1.54, 1.807) is 45.0 Å². The van der Waals surface area contributed by atoms with Gasteiger partial charge >= 0.3 is 5.97 Å². The third-order valence-electron chi connectivity index (χ3n) is 5.73. The van der Waals surface area contributed by atoms with Crippen LogP contribution >= 0.6 is 0 Å². The minimum atomic E-state index is -4.04. The highest BCUT2D eigenvalue weighted by atomic mass is 32.2. The molecule has 0 bridgehead atoms. The smallest absolute Gasteiger partial charge is 0.356 e. The van der Waals surface area contributed by atoms with Crippen molar-refractivity contribution in [1.29, 1.82) is 0 Å². The predicted octanol–water partition coefficient (Wildman–Crippen LogP) is 3.96. The topological polar surface area (TPSA) is 149 Å². The van der Waals surface area contributed by atoms with Gasteiger partial charge in [0.1, 0.15) is 16.4 Å². The van der Waals surface area contributed by atoms with Crippen LogP contribution in [0.1, 0.15) is 59.1 Å². The van der Waals surface area contributed by atoms with Crippen molar-refractivity contribution in [1.82, 2.24) is 14.5 Å². The average molecular weight is 529 g/mol. The molecule has 0 saturated heterocycles. The molecular weight excluding hydrogens is 500 g/mol. The van der Waals surface area contributed by atoms with Crippen molar-refractivity contribution >= 4 is 27.6 Å². The van der Waals surface area contributed by atoms with E-state index in [0.717, 1.165) is 12.8 Å². The molecule has 0 spiro atoms. The number of para-hydroxylation sites is 1. The fourth-order valence-corrected chi connectivity index (χ4v) is 5.13. The molecule has 1 heterocycles. The van der Waals surface area contributed by atoms with Crippen LogP contribution in [0.15, 0.2) is 47.4 Å². The maximum atomic E-state index is 13.3. The van der Waals surface area contributed by atoms with Crippen LogP contribution in [0.4, 0.5) is 5.69 Å². The molecule has 1 amide bonds. The number of carboxylic acids is 1. The van der Waals surface area contributed by atoms with Crippen molar-refractivity contribution in [2.45, 2.75) is 50.6 Å². The van der Waals surface area contributed by atoms with E-state index < -0.39 is 21.9 Å². The molecule has 1 saturated carbocycles. The summed E-state index contributed by atoms with van der Waals surface area (Å²) in [5, 5.41) is 16.3. The number of rotatable bonds is 10. The molecule has 37 heavy (non-hydrogen) atoms. The first-order chi connectivity index (χ1) is 17.5. The quantitative estimate of drug-likeness (QED) is 0.358. The van der Waals surface area contributed by atoms with Gasteiger partial charge in [0, 0.05) is 17.3 Å². The van der Waals surface area contributed by atoms with Crippen molar-refractivity contribution in [3.63, 3.8) is 0 Å². The first-order valence-electron chi connectivity index (χ1n) is 11.6. The number of benzene rings is 2. The number of carbonyl (C=O) groups excluding carboxylic acids is 1. The van der Waals surface area contributed by atoms with Crippen LogP contribution < -0.4 is 19.5 Å². The van der Waals surface area contributed by atoms with Gasteiger partial charge in [-0.15, -0.1) is 0 Å². The second-order valence-corrected chi connectivity index (χ2v) is 10.6. The Hall–Kier alpha value is -3.90. The van der Waals surface area contributed by atoms with Crippen molar-refractivity contribution in [2.24, 2.45) is 0 Å². The van der Waals surface area contributed by atoms with E-state index in [1.165, 1.54) is 30.0 Å². The van der Waals surface area contributed by atoms with Gasteiger partial charge in [0.05, 0.1) is 18.7 Å². The standard InChI is InChI=1S/C25H28N4O7S/c1-14(2)29-24(15(3)22(27-29)25(31)32)36-20-12-11-17(13-21(20)37(33,34)28-16-9-10-16)26-23(30)18-7-5-6-8-19(18)35-4/h5-8,11-14,16,28H,9-10H2,1-4H3,(H,26,30)(H,31,32). The number of carbonyl (C=O) groups is 2. The highest BCUT2D eigenvalue weighted by Gasteiger charge is 2.31. The molecule has 1 aromatic heterocycles. The Morgan fingerprint density at radius 3 is 2.46 bits per heavy atom. The fourth-order valence-electron chi connectivity index (χ4n) is 3.68. The molecule has 11 nitrogen and oxygen atoms in total. The summed E-state index contributed by atoms with van der Waals surface area (Å²) >= 11 is 0. The lowest BCUT2D eigenvalue weighted by atomic mass is 10.2. The Bertz CT molecular complexity index is 1460. The molecule has 1 fully saturated rings. The summed E-state index contributed by atoms with van der Waals surface area (Å²) in [5.41, 5.74) is 0.571. The first kappa shape index (κ1) is 26.2. The van der Waals surface area contributed by atoms with E-state index in [-0.39, 0.29) is 51.1 Å². The van der Waals surface area contributed by atoms with Crippen molar-refractivity contribution < 1.29 is 32.6 Å². The molecule has 196 valence electrons. The summed E-state index contributed by atoms with van der Waals surface area (Å²) in [6.45, 7) is 5.14. The number of nitrogens with one attached hydrogen (secondary N) is 2. The number of nitrogens with zero attached hydrogens (tertiary/aromatic N) is 2. The summed E-state index contributed by atoms with van der Waals surface area (Å²) in [4.78, 5) is 24.3. The zero-order chi connectivity index (χ0) is 26.9. The van der Waals surface area contributed by atoms with Crippen LogP contribution in [0.25, 0.3) is 0 Å². The predicted molar refractivity (Wildman–Crippen MR) is 135 cm³/mol. The normalized spacial score (nSPS) is 13.4. The summed E-state index contributed by atoms with van der Waals surface area (Å²) < 4.78 is 41.8. The maximum Gasteiger partial charge on any atom is 0.356 e. The van der Waals surface area contributed by atoms with Crippen LogP contribution in [0, 0.1) is 6.92 Å². The van der Waals surface area contributed by atoms with Crippen molar-refractivity contribution in [3.05, 3.63) is 59.3 Å². The van der Waals surface area contributed by atoms with Gasteiger partial charge in [-0.3, -0.25) is 4.79 Å². The van der Waals surface area contributed by atoms with Crippen LogP contribution in [-0.2, 0) is 10.0 Å². The van der Waals surface area contributed by atoms with E-state index in [2.05, 4.69) is 15.1 Å². The molecule has 4 rings (SSSR count). The van der Waals surface area contributed by atoms with Gasteiger partial charge in [-0.25, -0.2) is 22.6 Å². The van der Waals surface area contributed by atoms with E-state index in [9.17, 15) is 23.1 Å². The van der Waals surface area contributed by atoms with Crippen LogP contribution in [0.5, 0.6) is 17.4 Å². The van der Waals surface area contributed by atoms with Gasteiger partial charge in [-0.05, 0) is 63.9 Å². The van der Waals surface area contributed by atoms with Gasteiger partial charge in [0.15, 0.2) is 5.69 Å². The number of carboxylic acid groups (broad SMARTS) is 1. The van der Waals surface area contributed by atoms with Gasteiger partial charge in [-0.1, -0.05) is 12.1 Å². The van der Waals surface area contributed by atoms with E-state index >= 15 is 0 Å². The number of methoxy groups -OCH3 is 1. The molecule has 2 aromatic carbocycles. The largest absolute Gasteiger partial charge is 0.496 e. The number of amides is 1. The van der Waals surface area contributed by atoms with Crippen LogP contribution in [-0.4, -0.2) is 48.3 Å². The number of hydrogen-bond acceptors (Lipinski definition) is 7. The van der Waals surface area contributed by atoms with Gasteiger partial charge in [-0.2, -0.15) is 5.10 Å². The number of ether oxygens (including phenoxy) is 2. The zero-order valence-electron chi connectivity index (χ0n) is 20.8. The Balaban J connectivity index is 1.75. The Kier molecular flexibility index (Phi) is 7.23. The van der Waals surface area contributed by atoms with Crippen molar-refractivity contribution in [3.8, 4) is 17.4 Å². The summed E-state index contributed by atoms with van der Waals surface area (Å²) in [6, 6.07) is 10.4. The molecule has 3 aromatic rings. The highest BCUT2D eigenvalue weighted by molar-refractivity contribution is 7.89. The SMILES string of the molecule is COc1ccccc1C(=O)Nc1ccc(Oc2c(C)c(C(=O)O)nn2C(C)C)c(S(=O)(=O)NC2CC2)c1. The summed E-state index contributed by atoms with van der Waals surface area (Å²) in [6.07, 6.45) is 1.45. The van der Waals surface area contributed by atoms with E-state index in [4.69, 9.17) is 9.47 Å². The second kappa shape index (κ2) is 10.2. The highest BCUT2D eigenvalue weighted by Crippen LogP contribution is 2.36. The number of hydrogen-bond donors (Lipinski definition) is 3. The third kappa shape index (κ3) is 5.59. The number of aromatic carboxylic acids is 1. The zero-order valence-corrected chi connectivity index (χ0v) is 21.6. The van der Waals surface area contributed by atoms with Crippen LogP contribution in [0.3, 0.4) is 0 Å². The molecule has 1 aliphatic rings. The van der Waals surface area contributed by atoms with Gasteiger partial charge in [0.2, 0.25) is 15.9 Å². The Morgan fingerprint density at radius 1 is 1.14 bits per heavy atom. The average Bonchev–Trinajstić information content (AvgIpc) is 3.59. The first-order valence-corrected chi connectivity index (χ1v) is 13.1. The molecule has 1 aliphatic carbocycles. The van der Waals surface area contributed by atoms with Crippen molar-refractivity contribution in [2.75, 3.05) is 12.4 Å². The molecule has 0 aliphatic heterocycles. The second-order valence-electron chi connectivity index (χ2n) is 8.94. The van der Waals surface area contributed by atoms with Gasteiger partial charge in [0.25, 0.3) is 5.91 Å². The molecule has 12 heteroatoms. The minimum absolute atomic E-state index is 0.0368. The molecule has 0 atom stereocenters. The maximum absolute atomic E-state index is 13.3. The molecule has 3 N–H and O–H groups in total. The molecule has 0 radical (unpaired) electrons. The number of anilines is 1. The minimum Gasteiger partial charge on any atom is -0.496 e. The lowest BCUT2D eigenvalue weighted by Crippen LogP contribution is -2.26. The monoisotopic (exact) mass is 528 g/mol. The summed E-state index contributed by atoms with van der Waals surface area (Å²) in [5.74, 6) is -1.26. The number of sulfonamides is 1. The Labute approximate surface area is 214 Å². The van der Waals surface area contributed by atoms with Crippen LogP contribution in [0.2, 0.25) is 0 Å². The lowest BCUT2D eigenvalue weighted by molar-refractivity contribution is 0.0688. The molecular formula is C25H28N4O7S. The lowest BCUT2D eigenvalue weighted by Gasteiger charge is -2.17. The Morgan fingerprint density at radius 2 is 1.84 bits per heavy atom. The summed E-state index contributed by atoms with van der Waals surface area (Å²) in [7, 11) is -2.59. The van der Waals surface area contributed by atoms with E-state index in [0.29, 0.717) is 5.75 Å². The third-order valence-corrected chi connectivity index (χ3v) is 7.27. The van der Waals surface area contributed by atoms with E-state index in [1.807, 2.05) is 0 Å². The van der Waals surface area contributed by atoms with Gasteiger partial charge < -0.3 is 19.9 Å².